The highest BCUT2D eigenvalue weighted by atomic mass is 19.1. The van der Waals surface area contributed by atoms with Gasteiger partial charge < -0.3 is 5.32 Å². The van der Waals surface area contributed by atoms with Crippen molar-refractivity contribution in [2.24, 2.45) is 0 Å². The quantitative estimate of drug-likeness (QED) is 0.876. The fraction of sp³-hybridized carbons (Fsp3) is 0.538. The summed E-state index contributed by atoms with van der Waals surface area (Å²) < 4.78 is 15.4. The van der Waals surface area contributed by atoms with Gasteiger partial charge in [-0.15, -0.1) is 5.10 Å². The minimum absolute atomic E-state index is 0.141. The normalized spacial score (nSPS) is 10.8. The van der Waals surface area contributed by atoms with Gasteiger partial charge in [0.15, 0.2) is 17.5 Å². The van der Waals surface area contributed by atoms with Gasteiger partial charge in [-0.25, -0.2) is 14.4 Å². The first kappa shape index (κ1) is 14.4. The van der Waals surface area contributed by atoms with E-state index in [0.29, 0.717) is 30.4 Å². The third-order valence-corrected chi connectivity index (χ3v) is 2.81. The molecule has 0 spiro atoms. The molecule has 0 radical (unpaired) electrons. The van der Waals surface area contributed by atoms with Crippen LogP contribution in [-0.2, 0) is 12.8 Å². The maximum absolute atomic E-state index is 14.0. The van der Waals surface area contributed by atoms with Crippen molar-refractivity contribution in [1.29, 1.82) is 0 Å². The number of aromatic nitrogens is 5. The van der Waals surface area contributed by atoms with Gasteiger partial charge in [0.2, 0.25) is 5.95 Å². The molecule has 0 saturated carbocycles. The Morgan fingerprint density at radius 2 is 2.00 bits per heavy atom. The van der Waals surface area contributed by atoms with Gasteiger partial charge >= 0.3 is 0 Å². The Morgan fingerprint density at radius 1 is 1.20 bits per heavy atom. The molecular weight excluding hydrogens is 259 g/mol. The van der Waals surface area contributed by atoms with E-state index in [1.165, 1.54) is 4.68 Å². The number of hydrogen-bond donors (Lipinski definition) is 1. The lowest BCUT2D eigenvalue weighted by molar-refractivity contribution is 0.587. The summed E-state index contributed by atoms with van der Waals surface area (Å²) in [6, 6.07) is 0. The van der Waals surface area contributed by atoms with Gasteiger partial charge in [-0.2, -0.15) is 9.67 Å². The zero-order chi connectivity index (χ0) is 14.5. The van der Waals surface area contributed by atoms with Gasteiger partial charge in [0.1, 0.15) is 5.82 Å². The van der Waals surface area contributed by atoms with E-state index in [1.54, 1.807) is 0 Å². The van der Waals surface area contributed by atoms with E-state index in [-0.39, 0.29) is 5.82 Å². The summed E-state index contributed by atoms with van der Waals surface area (Å²) in [5.41, 5.74) is 0. The zero-order valence-corrected chi connectivity index (χ0v) is 12.0. The van der Waals surface area contributed by atoms with Crippen LogP contribution in [0.3, 0.4) is 0 Å². The molecule has 6 nitrogen and oxygen atoms in total. The van der Waals surface area contributed by atoms with Crippen LogP contribution in [0.5, 0.6) is 0 Å². The predicted octanol–water partition coefficient (Wildman–Crippen LogP) is 2.14. The second-order valence-electron chi connectivity index (χ2n) is 4.36. The fourth-order valence-electron chi connectivity index (χ4n) is 1.77. The number of rotatable bonds is 6. The highest BCUT2D eigenvalue weighted by Gasteiger charge is 2.15. The van der Waals surface area contributed by atoms with Crippen LogP contribution in [0, 0.1) is 5.82 Å². The monoisotopic (exact) mass is 278 g/mol. The van der Waals surface area contributed by atoms with E-state index in [0.717, 1.165) is 19.2 Å². The largest absolute Gasteiger partial charge is 0.354 e. The summed E-state index contributed by atoms with van der Waals surface area (Å²) in [6.45, 7) is 6.69. The number of nitrogens with zero attached hydrogens (tertiary/aromatic N) is 5. The van der Waals surface area contributed by atoms with Crippen molar-refractivity contribution >= 4 is 5.95 Å². The number of aryl methyl sites for hydroxylation is 2. The summed E-state index contributed by atoms with van der Waals surface area (Å²) in [7, 11) is 0. The highest BCUT2D eigenvalue weighted by molar-refractivity contribution is 5.33. The molecule has 7 heteroatoms. The Kier molecular flexibility index (Phi) is 4.60. The maximum Gasteiger partial charge on any atom is 0.224 e. The molecule has 2 aromatic heterocycles. The lowest BCUT2D eigenvalue weighted by Gasteiger charge is -2.07. The molecule has 0 unspecified atom stereocenters. The van der Waals surface area contributed by atoms with Crippen molar-refractivity contribution in [3.05, 3.63) is 23.7 Å². The van der Waals surface area contributed by atoms with Crippen molar-refractivity contribution < 1.29 is 4.39 Å². The van der Waals surface area contributed by atoms with Crippen molar-refractivity contribution in [2.75, 3.05) is 11.9 Å². The van der Waals surface area contributed by atoms with Gasteiger partial charge in [0, 0.05) is 19.4 Å². The lowest BCUT2D eigenvalue weighted by atomic mass is 10.4. The highest BCUT2D eigenvalue weighted by Crippen LogP contribution is 2.14. The van der Waals surface area contributed by atoms with E-state index < -0.39 is 5.82 Å². The van der Waals surface area contributed by atoms with E-state index in [9.17, 15) is 4.39 Å². The molecule has 0 aromatic carbocycles. The topological polar surface area (TPSA) is 68.5 Å². The SMILES string of the molecule is CCCNc1ncc(F)c(-n2nc(CC)nc2CC)n1. The first-order valence-electron chi connectivity index (χ1n) is 6.91. The van der Waals surface area contributed by atoms with Crippen LogP contribution in [0.4, 0.5) is 10.3 Å². The minimum atomic E-state index is -0.505. The molecule has 1 N–H and O–H groups in total. The summed E-state index contributed by atoms with van der Waals surface area (Å²) in [5.74, 6) is 1.42. The number of halogens is 1. The van der Waals surface area contributed by atoms with Crippen LogP contribution in [0.1, 0.15) is 38.8 Å². The number of hydrogen-bond acceptors (Lipinski definition) is 5. The fourth-order valence-corrected chi connectivity index (χ4v) is 1.77. The lowest BCUT2D eigenvalue weighted by Crippen LogP contribution is -2.11. The van der Waals surface area contributed by atoms with Gasteiger partial charge in [0.25, 0.3) is 0 Å². The van der Waals surface area contributed by atoms with Crippen LogP contribution in [0.2, 0.25) is 0 Å². The van der Waals surface area contributed by atoms with Gasteiger partial charge in [-0.1, -0.05) is 20.8 Å². The molecule has 0 aliphatic heterocycles. The maximum atomic E-state index is 14.0. The molecule has 0 fully saturated rings. The molecule has 2 heterocycles. The Morgan fingerprint density at radius 3 is 2.65 bits per heavy atom. The molecule has 2 rings (SSSR count). The van der Waals surface area contributed by atoms with E-state index in [1.807, 2.05) is 20.8 Å². The summed E-state index contributed by atoms with van der Waals surface area (Å²) in [5, 5.41) is 7.34. The molecule has 20 heavy (non-hydrogen) atoms. The van der Waals surface area contributed by atoms with Gasteiger partial charge in [0.05, 0.1) is 6.20 Å². The standard InChI is InChI=1S/C13H19FN6/c1-4-7-15-13-16-8-9(14)12(18-13)20-11(6-3)17-10(5-2)19-20/h8H,4-7H2,1-3H3,(H,15,16,18). The molecule has 108 valence electrons. The zero-order valence-electron chi connectivity index (χ0n) is 12.0. The summed E-state index contributed by atoms with van der Waals surface area (Å²) >= 11 is 0. The average Bonchev–Trinajstić information content (AvgIpc) is 2.89. The second-order valence-corrected chi connectivity index (χ2v) is 4.36. The van der Waals surface area contributed by atoms with Gasteiger partial charge in [-0.3, -0.25) is 0 Å². The second kappa shape index (κ2) is 6.40. The first-order chi connectivity index (χ1) is 9.69. The van der Waals surface area contributed by atoms with Crippen molar-refractivity contribution in [1.82, 2.24) is 24.7 Å². The Hall–Kier alpha value is -2.05. The third kappa shape index (κ3) is 2.92. The van der Waals surface area contributed by atoms with Crippen molar-refractivity contribution in [3.8, 4) is 5.82 Å². The third-order valence-electron chi connectivity index (χ3n) is 2.81. The summed E-state index contributed by atoms with van der Waals surface area (Å²) in [4.78, 5) is 12.5. The molecular formula is C13H19FN6. The molecule has 0 saturated heterocycles. The molecule has 0 aliphatic carbocycles. The average molecular weight is 278 g/mol. The summed E-state index contributed by atoms with van der Waals surface area (Å²) in [6.07, 6.45) is 3.47. The molecule has 0 aliphatic rings. The van der Waals surface area contributed by atoms with Crippen LogP contribution in [0.25, 0.3) is 5.82 Å². The molecule has 2 aromatic rings. The molecule has 0 bridgehead atoms. The number of nitrogens with one attached hydrogen (secondary N) is 1. The molecule has 0 atom stereocenters. The van der Waals surface area contributed by atoms with Gasteiger partial charge in [-0.05, 0) is 6.42 Å². The van der Waals surface area contributed by atoms with E-state index in [2.05, 4.69) is 25.4 Å². The van der Waals surface area contributed by atoms with E-state index >= 15 is 0 Å². The minimum Gasteiger partial charge on any atom is -0.354 e. The first-order valence-corrected chi connectivity index (χ1v) is 6.91. The van der Waals surface area contributed by atoms with Crippen LogP contribution < -0.4 is 5.32 Å². The number of anilines is 1. The smallest absolute Gasteiger partial charge is 0.224 e. The molecule has 0 amide bonds. The van der Waals surface area contributed by atoms with Crippen LogP contribution >= 0.6 is 0 Å². The Balaban J connectivity index is 2.42. The Bertz CT molecular complexity index is 580. The van der Waals surface area contributed by atoms with E-state index in [4.69, 9.17) is 0 Å². The predicted molar refractivity (Wildman–Crippen MR) is 74.4 cm³/mol. The van der Waals surface area contributed by atoms with Crippen molar-refractivity contribution in [3.63, 3.8) is 0 Å². The van der Waals surface area contributed by atoms with Crippen LogP contribution in [-0.4, -0.2) is 31.3 Å². The Labute approximate surface area is 117 Å². The van der Waals surface area contributed by atoms with Crippen LogP contribution in [0.15, 0.2) is 6.20 Å². The van der Waals surface area contributed by atoms with Crippen molar-refractivity contribution in [2.45, 2.75) is 40.0 Å².